The van der Waals surface area contributed by atoms with Crippen LogP contribution < -0.4 is 10.1 Å². The van der Waals surface area contributed by atoms with Gasteiger partial charge in [0.15, 0.2) is 0 Å². The number of nitrogens with one attached hydrogen (secondary N) is 1. The van der Waals surface area contributed by atoms with Crippen LogP contribution in [0.3, 0.4) is 0 Å². The third-order valence-corrected chi connectivity index (χ3v) is 3.57. The molecule has 1 aromatic carbocycles. The fourth-order valence-electron chi connectivity index (χ4n) is 2.53. The molecule has 1 aliphatic rings. The summed E-state index contributed by atoms with van der Waals surface area (Å²) in [5.41, 5.74) is 0.848. The Hall–Kier alpha value is -2.04. The molecule has 0 spiro atoms. The summed E-state index contributed by atoms with van der Waals surface area (Å²) in [5.74, 6) is 0.610. The Balaban J connectivity index is 2.12. The number of para-hydroxylation sites is 1. The molecule has 2 rings (SSSR count). The van der Waals surface area contributed by atoms with Crippen molar-refractivity contribution in [2.45, 2.75) is 25.8 Å². The number of rotatable bonds is 4. The predicted octanol–water partition coefficient (Wildman–Crippen LogP) is 0.975. The Kier molecular flexibility index (Phi) is 4.61. The van der Waals surface area contributed by atoms with Crippen LogP contribution >= 0.6 is 0 Å². The first-order chi connectivity index (χ1) is 9.67. The molecule has 1 unspecified atom stereocenters. The molecule has 0 aromatic heterocycles. The molecule has 0 radical (unpaired) electrons. The minimum absolute atomic E-state index is 0.0313. The van der Waals surface area contributed by atoms with Crippen LogP contribution in [0.25, 0.3) is 0 Å². The molecule has 0 saturated carbocycles. The number of nitrogens with zero attached hydrogens (tertiary/aromatic N) is 1. The van der Waals surface area contributed by atoms with Crippen molar-refractivity contribution >= 4 is 11.8 Å². The fraction of sp³-hybridized carbons (Fsp3) is 0.467. The molecule has 20 heavy (non-hydrogen) atoms. The Labute approximate surface area is 118 Å². The second kappa shape index (κ2) is 6.41. The van der Waals surface area contributed by atoms with Crippen LogP contribution in [0.2, 0.25) is 0 Å². The highest BCUT2D eigenvalue weighted by Gasteiger charge is 2.31. The number of ether oxygens (including phenoxy) is 1. The lowest BCUT2D eigenvalue weighted by Crippen LogP contribution is -2.57. The minimum Gasteiger partial charge on any atom is -0.496 e. The van der Waals surface area contributed by atoms with Crippen LogP contribution in [-0.4, -0.2) is 43.0 Å². The van der Waals surface area contributed by atoms with E-state index in [2.05, 4.69) is 5.32 Å². The molecule has 1 saturated heterocycles. The number of carbonyl (C=O) groups is 2. The Bertz CT molecular complexity index is 502. The van der Waals surface area contributed by atoms with Gasteiger partial charge in [-0.1, -0.05) is 25.1 Å². The quantitative estimate of drug-likeness (QED) is 0.891. The van der Waals surface area contributed by atoms with E-state index in [1.807, 2.05) is 31.2 Å². The van der Waals surface area contributed by atoms with Gasteiger partial charge in [0, 0.05) is 18.7 Å². The van der Waals surface area contributed by atoms with Gasteiger partial charge >= 0.3 is 0 Å². The zero-order valence-electron chi connectivity index (χ0n) is 11.9. The molecule has 5 heteroatoms. The Morgan fingerprint density at radius 1 is 1.45 bits per heavy atom. The van der Waals surface area contributed by atoms with E-state index in [9.17, 15) is 9.59 Å². The fourth-order valence-corrected chi connectivity index (χ4v) is 2.53. The van der Waals surface area contributed by atoms with Crippen molar-refractivity contribution in [2.75, 3.05) is 20.2 Å². The molecule has 2 amide bonds. The van der Waals surface area contributed by atoms with E-state index >= 15 is 0 Å². The molecule has 1 heterocycles. The lowest BCUT2D eigenvalue weighted by atomic mass is 10.1. The molecule has 0 aliphatic carbocycles. The van der Waals surface area contributed by atoms with E-state index in [4.69, 9.17) is 4.74 Å². The van der Waals surface area contributed by atoms with Gasteiger partial charge in [0.2, 0.25) is 11.8 Å². The number of amides is 2. The van der Waals surface area contributed by atoms with Gasteiger partial charge in [-0.3, -0.25) is 9.59 Å². The van der Waals surface area contributed by atoms with Crippen molar-refractivity contribution in [3.05, 3.63) is 29.8 Å². The second-order valence-corrected chi connectivity index (χ2v) is 4.79. The molecule has 0 bridgehead atoms. The van der Waals surface area contributed by atoms with Crippen molar-refractivity contribution in [1.82, 2.24) is 10.2 Å². The first kappa shape index (κ1) is 14.4. The molecule has 1 fully saturated rings. The van der Waals surface area contributed by atoms with E-state index in [0.717, 1.165) is 5.56 Å². The van der Waals surface area contributed by atoms with Crippen LogP contribution in [0.1, 0.15) is 18.9 Å². The van der Waals surface area contributed by atoms with E-state index in [1.165, 1.54) is 0 Å². The van der Waals surface area contributed by atoms with Crippen LogP contribution in [0.5, 0.6) is 5.75 Å². The van der Waals surface area contributed by atoms with Crippen molar-refractivity contribution in [2.24, 2.45) is 0 Å². The SMILES string of the molecule is CCC1C(=O)NCCN1C(=O)Cc1ccccc1OC. The highest BCUT2D eigenvalue weighted by atomic mass is 16.5. The summed E-state index contributed by atoms with van der Waals surface area (Å²) in [6.07, 6.45) is 0.886. The molecule has 108 valence electrons. The Morgan fingerprint density at radius 3 is 2.90 bits per heavy atom. The largest absolute Gasteiger partial charge is 0.496 e. The standard InChI is InChI=1S/C15H20N2O3/c1-3-12-15(19)16-8-9-17(12)14(18)10-11-6-4-5-7-13(11)20-2/h4-7,12H,3,8-10H2,1-2H3,(H,16,19). The summed E-state index contributed by atoms with van der Waals surface area (Å²) in [4.78, 5) is 25.9. The van der Waals surface area contributed by atoms with Gasteiger partial charge in [0.25, 0.3) is 0 Å². The van der Waals surface area contributed by atoms with Gasteiger partial charge in [0.05, 0.1) is 13.5 Å². The predicted molar refractivity (Wildman–Crippen MR) is 75.5 cm³/mol. The molecule has 5 nitrogen and oxygen atoms in total. The normalized spacial score (nSPS) is 18.6. The molecule has 1 atom stereocenters. The zero-order chi connectivity index (χ0) is 14.5. The first-order valence-electron chi connectivity index (χ1n) is 6.86. The second-order valence-electron chi connectivity index (χ2n) is 4.79. The maximum atomic E-state index is 12.4. The smallest absolute Gasteiger partial charge is 0.242 e. The maximum Gasteiger partial charge on any atom is 0.242 e. The van der Waals surface area contributed by atoms with Crippen LogP contribution in [0.4, 0.5) is 0 Å². The van der Waals surface area contributed by atoms with Gasteiger partial charge in [-0.25, -0.2) is 0 Å². The van der Waals surface area contributed by atoms with Crippen LogP contribution in [0.15, 0.2) is 24.3 Å². The molecule has 1 N–H and O–H groups in total. The van der Waals surface area contributed by atoms with Crippen LogP contribution in [-0.2, 0) is 16.0 Å². The Morgan fingerprint density at radius 2 is 2.20 bits per heavy atom. The third-order valence-electron chi connectivity index (χ3n) is 3.57. The number of carbonyl (C=O) groups excluding carboxylic acids is 2. The number of hydrogen-bond donors (Lipinski definition) is 1. The third kappa shape index (κ3) is 2.92. The van der Waals surface area contributed by atoms with Crippen molar-refractivity contribution in [3.63, 3.8) is 0 Å². The highest BCUT2D eigenvalue weighted by molar-refractivity contribution is 5.89. The average Bonchev–Trinajstić information content (AvgIpc) is 2.47. The summed E-state index contributed by atoms with van der Waals surface area (Å²) >= 11 is 0. The molecular formula is C15H20N2O3. The summed E-state index contributed by atoms with van der Waals surface area (Å²) in [6, 6.07) is 7.11. The topological polar surface area (TPSA) is 58.6 Å². The molecular weight excluding hydrogens is 256 g/mol. The molecule has 1 aromatic rings. The summed E-state index contributed by atoms with van der Waals surface area (Å²) < 4.78 is 5.26. The lowest BCUT2D eigenvalue weighted by Gasteiger charge is -2.34. The van der Waals surface area contributed by atoms with Gasteiger partial charge in [-0.05, 0) is 12.5 Å². The minimum atomic E-state index is -0.356. The maximum absolute atomic E-state index is 12.4. The van der Waals surface area contributed by atoms with Crippen molar-refractivity contribution < 1.29 is 14.3 Å². The summed E-state index contributed by atoms with van der Waals surface area (Å²) in [6.45, 7) is 3.00. The first-order valence-corrected chi connectivity index (χ1v) is 6.86. The number of piperazine rings is 1. The van der Waals surface area contributed by atoms with Gasteiger partial charge in [0.1, 0.15) is 11.8 Å². The highest BCUT2D eigenvalue weighted by Crippen LogP contribution is 2.19. The van der Waals surface area contributed by atoms with Gasteiger partial charge < -0.3 is 15.0 Å². The van der Waals surface area contributed by atoms with Crippen molar-refractivity contribution in [3.8, 4) is 5.75 Å². The van der Waals surface area contributed by atoms with Crippen molar-refractivity contribution in [1.29, 1.82) is 0 Å². The number of hydrogen-bond acceptors (Lipinski definition) is 3. The van der Waals surface area contributed by atoms with Crippen LogP contribution in [0, 0.1) is 0 Å². The lowest BCUT2D eigenvalue weighted by molar-refractivity contribution is -0.142. The zero-order valence-corrected chi connectivity index (χ0v) is 11.9. The summed E-state index contributed by atoms with van der Waals surface area (Å²) in [7, 11) is 1.59. The number of methoxy groups -OCH3 is 1. The molecule has 1 aliphatic heterocycles. The van der Waals surface area contributed by atoms with E-state index in [0.29, 0.717) is 25.3 Å². The van der Waals surface area contributed by atoms with E-state index < -0.39 is 0 Å². The van der Waals surface area contributed by atoms with Gasteiger partial charge in [-0.15, -0.1) is 0 Å². The monoisotopic (exact) mass is 276 g/mol. The van der Waals surface area contributed by atoms with E-state index in [1.54, 1.807) is 12.0 Å². The number of benzene rings is 1. The van der Waals surface area contributed by atoms with Gasteiger partial charge in [-0.2, -0.15) is 0 Å². The average molecular weight is 276 g/mol. The summed E-state index contributed by atoms with van der Waals surface area (Å²) in [5, 5.41) is 2.80. The van der Waals surface area contributed by atoms with E-state index in [-0.39, 0.29) is 24.3 Å².